The summed E-state index contributed by atoms with van der Waals surface area (Å²) in [5.41, 5.74) is 1.58. The summed E-state index contributed by atoms with van der Waals surface area (Å²) in [4.78, 5) is 12.7. The number of anilines is 1. The molecule has 1 aliphatic heterocycles. The van der Waals surface area contributed by atoms with Gasteiger partial charge in [-0.2, -0.15) is 9.52 Å². The van der Waals surface area contributed by atoms with Crippen molar-refractivity contribution in [2.24, 2.45) is 0 Å². The molecule has 0 unspecified atom stereocenters. The number of tetrazole rings is 1. The second-order valence-electron chi connectivity index (χ2n) is 6.41. The van der Waals surface area contributed by atoms with Crippen LogP contribution in [0.2, 0.25) is 0 Å². The average Bonchev–Trinajstić information content (AvgIpc) is 3.42. The lowest BCUT2D eigenvalue weighted by atomic mass is 10.1. The summed E-state index contributed by atoms with van der Waals surface area (Å²) in [6, 6.07) is 13.0. The van der Waals surface area contributed by atoms with Gasteiger partial charge in [-0.05, 0) is 48.4 Å². The summed E-state index contributed by atoms with van der Waals surface area (Å²) in [6.45, 7) is 1.07. The summed E-state index contributed by atoms with van der Waals surface area (Å²) in [5, 5.41) is 16.4. The third-order valence-corrected chi connectivity index (χ3v) is 6.44. The second-order valence-corrected chi connectivity index (χ2v) is 8.34. The molecule has 1 amide bonds. The van der Waals surface area contributed by atoms with Crippen molar-refractivity contribution in [2.75, 3.05) is 18.4 Å². The summed E-state index contributed by atoms with van der Waals surface area (Å²) >= 11 is 0. The molecule has 144 valence electrons. The zero-order valence-electron chi connectivity index (χ0n) is 14.9. The summed E-state index contributed by atoms with van der Waals surface area (Å²) in [6.07, 6.45) is 1.74. The van der Waals surface area contributed by atoms with Crippen LogP contribution in [0.3, 0.4) is 0 Å². The average molecular weight is 398 g/mol. The summed E-state index contributed by atoms with van der Waals surface area (Å²) < 4.78 is 26.8. The smallest absolute Gasteiger partial charge is 0.255 e. The Morgan fingerprint density at radius 2 is 1.82 bits per heavy atom. The van der Waals surface area contributed by atoms with Crippen LogP contribution in [0.15, 0.2) is 53.4 Å². The number of aromatic amines is 1. The van der Waals surface area contributed by atoms with Gasteiger partial charge in [-0.15, -0.1) is 10.2 Å². The molecule has 10 heteroatoms. The van der Waals surface area contributed by atoms with Gasteiger partial charge in [-0.1, -0.05) is 18.2 Å². The van der Waals surface area contributed by atoms with E-state index in [0.717, 1.165) is 18.4 Å². The number of hydrogen-bond acceptors (Lipinski definition) is 6. The summed E-state index contributed by atoms with van der Waals surface area (Å²) in [5.74, 6) is 0.0992. The Labute approximate surface area is 161 Å². The Bertz CT molecular complexity index is 1070. The number of nitrogens with zero attached hydrogens (tertiary/aromatic N) is 4. The van der Waals surface area contributed by atoms with Crippen molar-refractivity contribution < 1.29 is 13.2 Å². The number of rotatable bonds is 5. The van der Waals surface area contributed by atoms with E-state index in [1.54, 1.807) is 42.5 Å². The van der Waals surface area contributed by atoms with Crippen molar-refractivity contribution in [1.82, 2.24) is 24.9 Å². The molecule has 2 heterocycles. The van der Waals surface area contributed by atoms with E-state index < -0.39 is 10.0 Å². The zero-order valence-corrected chi connectivity index (χ0v) is 15.7. The van der Waals surface area contributed by atoms with E-state index in [2.05, 4.69) is 25.9 Å². The van der Waals surface area contributed by atoms with Crippen LogP contribution in [-0.4, -0.2) is 52.3 Å². The van der Waals surface area contributed by atoms with Crippen LogP contribution in [0.1, 0.15) is 23.2 Å². The van der Waals surface area contributed by atoms with Crippen LogP contribution < -0.4 is 5.32 Å². The van der Waals surface area contributed by atoms with Gasteiger partial charge in [0.1, 0.15) is 0 Å². The standard InChI is InChI=1S/C18H18N6O3S/c25-18(14-8-6-13(7-9-14)17-20-22-23-21-17)19-15-4-3-5-16(12-15)28(26,27)24-10-1-2-11-24/h3-9,12H,1-2,10-11H2,(H,19,25)(H,20,21,22,23). The van der Waals surface area contributed by atoms with Crippen LogP contribution >= 0.6 is 0 Å². The van der Waals surface area contributed by atoms with E-state index in [0.29, 0.717) is 30.2 Å². The third kappa shape index (κ3) is 3.64. The number of carbonyl (C=O) groups excluding carboxylic acids is 1. The number of sulfonamides is 1. The fourth-order valence-corrected chi connectivity index (χ4v) is 4.63. The number of hydrogen-bond donors (Lipinski definition) is 2. The van der Waals surface area contributed by atoms with E-state index in [1.165, 1.54) is 10.4 Å². The highest BCUT2D eigenvalue weighted by Gasteiger charge is 2.27. The molecule has 4 rings (SSSR count). The summed E-state index contributed by atoms with van der Waals surface area (Å²) in [7, 11) is -3.53. The molecule has 1 fully saturated rings. The number of carbonyl (C=O) groups is 1. The molecule has 3 aromatic rings. The van der Waals surface area contributed by atoms with Gasteiger partial charge in [0.15, 0.2) is 0 Å². The Kier molecular flexibility index (Phi) is 4.88. The van der Waals surface area contributed by atoms with Crippen molar-refractivity contribution in [1.29, 1.82) is 0 Å². The van der Waals surface area contributed by atoms with Crippen LogP contribution in [0.4, 0.5) is 5.69 Å². The minimum absolute atomic E-state index is 0.180. The van der Waals surface area contributed by atoms with Crippen LogP contribution in [0.25, 0.3) is 11.4 Å². The maximum absolute atomic E-state index is 12.7. The molecule has 1 aliphatic rings. The highest BCUT2D eigenvalue weighted by molar-refractivity contribution is 7.89. The first-order valence-corrected chi connectivity index (χ1v) is 10.2. The first-order chi connectivity index (χ1) is 13.5. The van der Waals surface area contributed by atoms with E-state index in [4.69, 9.17) is 0 Å². The largest absolute Gasteiger partial charge is 0.322 e. The van der Waals surface area contributed by atoms with Crippen LogP contribution in [-0.2, 0) is 10.0 Å². The zero-order chi connectivity index (χ0) is 19.6. The number of H-pyrrole nitrogens is 1. The van der Waals surface area contributed by atoms with Gasteiger partial charge in [0, 0.05) is 29.9 Å². The van der Waals surface area contributed by atoms with Crippen molar-refractivity contribution in [3.63, 3.8) is 0 Å². The molecule has 0 saturated carbocycles. The SMILES string of the molecule is O=C(Nc1cccc(S(=O)(=O)N2CCCC2)c1)c1ccc(-c2nn[nH]n2)cc1. The van der Waals surface area contributed by atoms with Crippen molar-refractivity contribution in [3.05, 3.63) is 54.1 Å². The monoisotopic (exact) mass is 398 g/mol. The Balaban J connectivity index is 1.50. The Morgan fingerprint density at radius 1 is 1.07 bits per heavy atom. The second kappa shape index (κ2) is 7.49. The molecule has 28 heavy (non-hydrogen) atoms. The normalized spacial score (nSPS) is 14.9. The topological polar surface area (TPSA) is 121 Å². The molecule has 0 radical (unpaired) electrons. The minimum Gasteiger partial charge on any atom is -0.322 e. The minimum atomic E-state index is -3.53. The first-order valence-electron chi connectivity index (χ1n) is 8.79. The van der Waals surface area contributed by atoms with Gasteiger partial charge in [0.2, 0.25) is 15.8 Å². The number of nitrogens with one attached hydrogen (secondary N) is 2. The van der Waals surface area contributed by atoms with E-state index in [-0.39, 0.29) is 10.8 Å². The quantitative estimate of drug-likeness (QED) is 0.677. The molecule has 2 N–H and O–H groups in total. The highest BCUT2D eigenvalue weighted by atomic mass is 32.2. The van der Waals surface area contributed by atoms with Gasteiger partial charge >= 0.3 is 0 Å². The predicted molar refractivity (Wildman–Crippen MR) is 102 cm³/mol. The Hall–Kier alpha value is -3.11. The Morgan fingerprint density at radius 3 is 2.50 bits per heavy atom. The van der Waals surface area contributed by atoms with Crippen molar-refractivity contribution in [2.45, 2.75) is 17.7 Å². The molecule has 0 aliphatic carbocycles. The maximum Gasteiger partial charge on any atom is 0.255 e. The maximum atomic E-state index is 12.7. The first kappa shape index (κ1) is 18.3. The van der Waals surface area contributed by atoms with Crippen molar-refractivity contribution >= 4 is 21.6 Å². The van der Waals surface area contributed by atoms with Gasteiger partial charge in [0.05, 0.1) is 4.90 Å². The number of aromatic nitrogens is 4. The fourth-order valence-electron chi connectivity index (χ4n) is 3.07. The van der Waals surface area contributed by atoms with E-state index >= 15 is 0 Å². The lowest BCUT2D eigenvalue weighted by Gasteiger charge is -2.16. The lowest BCUT2D eigenvalue weighted by Crippen LogP contribution is -2.27. The van der Waals surface area contributed by atoms with Gasteiger partial charge < -0.3 is 5.32 Å². The fraction of sp³-hybridized carbons (Fsp3) is 0.222. The molecular weight excluding hydrogens is 380 g/mol. The third-order valence-electron chi connectivity index (χ3n) is 4.55. The lowest BCUT2D eigenvalue weighted by molar-refractivity contribution is 0.102. The van der Waals surface area contributed by atoms with E-state index in [9.17, 15) is 13.2 Å². The predicted octanol–water partition coefficient (Wildman–Crippen LogP) is 1.90. The molecule has 0 bridgehead atoms. The molecule has 1 saturated heterocycles. The molecular formula is C18H18N6O3S. The molecule has 9 nitrogen and oxygen atoms in total. The van der Waals surface area contributed by atoms with E-state index in [1.807, 2.05) is 0 Å². The van der Waals surface area contributed by atoms with Crippen LogP contribution in [0, 0.1) is 0 Å². The van der Waals surface area contributed by atoms with Crippen molar-refractivity contribution in [3.8, 4) is 11.4 Å². The number of amides is 1. The highest BCUT2D eigenvalue weighted by Crippen LogP contribution is 2.23. The molecule has 2 aromatic carbocycles. The molecule has 0 spiro atoms. The molecule has 0 atom stereocenters. The van der Waals surface area contributed by atoms with Crippen LogP contribution in [0.5, 0.6) is 0 Å². The van der Waals surface area contributed by atoms with Gasteiger partial charge in [-0.25, -0.2) is 8.42 Å². The van der Waals surface area contributed by atoms with Gasteiger partial charge in [-0.3, -0.25) is 4.79 Å². The molecule has 1 aromatic heterocycles. The van der Waals surface area contributed by atoms with Gasteiger partial charge in [0.25, 0.3) is 5.91 Å². The number of benzene rings is 2.